The molecule has 0 aliphatic rings. The molecule has 0 saturated heterocycles. The quantitative estimate of drug-likeness (QED) is 0.458. The number of unbranched alkanes of at least 4 members (excludes halogenated alkanes) is 3. The second-order valence-electron chi connectivity index (χ2n) is 3.44. The van der Waals surface area contributed by atoms with Crippen molar-refractivity contribution in [2.75, 3.05) is 25.0 Å². The third kappa shape index (κ3) is 8.88. The highest BCUT2D eigenvalue weighted by molar-refractivity contribution is 9.09. The number of nitrogens with zero attached hydrogens (tertiary/aromatic N) is 1. The van der Waals surface area contributed by atoms with E-state index >= 15 is 0 Å². The van der Waals surface area contributed by atoms with Gasteiger partial charge in [-0.2, -0.15) is 0 Å². The second-order valence-corrected chi connectivity index (χ2v) is 4.23. The van der Waals surface area contributed by atoms with Crippen molar-refractivity contribution in [3.8, 4) is 0 Å². The Morgan fingerprint density at radius 2 is 1.86 bits per heavy atom. The fourth-order valence-corrected chi connectivity index (χ4v) is 1.87. The lowest BCUT2D eigenvalue weighted by atomic mass is 10.2. The lowest BCUT2D eigenvalue weighted by Crippen LogP contribution is -2.31. The molecular weight excluding hydrogens is 252 g/mol. The van der Waals surface area contributed by atoms with Gasteiger partial charge in [0.05, 0.1) is 6.54 Å². The van der Waals surface area contributed by atoms with E-state index in [1.165, 1.54) is 12.8 Å². The first kappa shape index (κ1) is 14.3. The molecule has 4 heteroatoms. The third-order valence-corrected chi connectivity index (χ3v) is 2.48. The van der Waals surface area contributed by atoms with Gasteiger partial charge in [-0.25, -0.2) is 8.78 Å². The number of halogens is 3. The zero-order chi connectivity index (χ0) is 10.8. The molecule has 0 aromatic heterocycles. The van der Waals surface area contributed by atoms with Gasteiger partial charge in [-0.05, 0) is 13.0 Å². The van der Waals surface area contributed by atoms with Crippen molar-refractivity contribution < 1.29 is 8.78 Å². The van der Waals surface area contributed by atoms with Crippen LogP contribution in [0, 0.1) is 0 Å². The summed E-state index contributed by atoms with van der Waals surface area (Å²) in [4.78, 5) is 1.83. The summed E-state index contributed by atoms with van der Waals surface area (Å²) >= 11 is 3.28. The van der Waals surface area contributed by atoms with Crippen LogP contribution in [0.25, 0.3) is 0 Å². The van der Waals surface area contributed by atoms with Crippen molar-refractivity contribution in [1.82, 2.24) is 4.90 Å². The van der Waals surface area contributed by atoms with Crippen LogP contribution in [0.3, 0.4) is 0 Å². The predicted molar refractivity (Wildman–Crippen MR) is 60.4 cm³/mol. The number of hydrogen-bond acceptors (Lipinski definition) is 1. The molecule has 0 radical (unpaired) electrons. The smallest absolute Gasteiger partial charge is 0.251 e. The normalized spacial score (nSPS) is 11.6. The Labute approximate surface area is 94.0 Å². The van der Waals surface area contributed by atoms with E-state index in [9.17, 15) is 8.78 Å². The largest absolute Gasteiger partial charge is 0.297 e. The SMILES string of the molecule is CCCCCCN(CCBr)CC(F)F. The predicted octanol–water partition coefficient (Wildman–Crippen LogP) is 3.53. The molecule has 0 bridgehead atoms. The molecule has 0 aromatic rings. The summed E-state index contributed by atoms with van der Waals surface area (Å²) in [5.41, 5.74) is 0. The molecular formula is C10H20BrF2N. The Morgan fingerprint density at radius 1 is 1.14 bits per heavy atom. The molecule has 86 valence electrons. The molecule has 0 rings (SSSR count). The average Bonchev–Trinajstić information content (AvgIpc) is 2.12. The van der Waals surface area contributed by atoms with Crippen LogP contribution < -0.4 is 0 Å². The van der Waals surface area contributed by atoms with E-state index in [2.05, 4.69) is 22.9 Å². The van der Waals surface area contributed by atoms with Crippen molar-refractivity contribution in [2.45, 2.75) is 39.0 Å². The Morgan fingerprint density at radius 3 is 2.36 bits per heavy atom. The van der Waals surface area contributed by atoms with Crippen LogP contribution in [-0.4, -0.2) is 36.3 Å². The highest BCUT2D eigenvalue weighted by atomic mass is 79.9. The van der Waals surface area contributed by atoms with Gasteiger partial charge in [0.1, 0.15) is 0 Å². The maximum absolute atomic E-state index is 12.1. The summed E-state index contributed by atoms with van der Waals surface area (Å²) in [5, 5.41) is 0.771. The lowest BCUT2D eigenvalue weighted by Gasteiger charge is -2.20. The third-order valence-electron chi connectivity index (χ3n) is 2.12. The molecule has 0 spiro atoms. The van der Waals surface area contributed by atoms with Crippen molar-refractivity contribution in [1.29, 1.82) is 0 Å². The fraction of sp³-hybridized carbons (Fsp3) is 1.00. The van der Waals surface area contributed by atoms with Gasteiger partial charge in [0, 0.05) is 11.9 Å². The van der Waals surface area contributed by atoms with E-state index in [0.29, 0.717) is 0 Å². The first-order chi connectivity index (χ1) is 6.70. The van der Waals surface area contributed by atoms with Crippen molar-refractivity contribution in [3.63, 3.8) is 0 Å². The van der Waals surface area contributed by atoms with Crippen LogP contribution in [0.2, 0.25) is 0 Å². The highest BCUT2D eigenvalue weighted by Gasteiger charge is 2.10. The minimum atomic E-state index is -2.21. The van der Waals surface area contributed by atoms with E-state index in [1.54, 1.807) is 0 Å². The van der Waals surface area contributed by atoms with Crippen LogP contribution in [0.5, 0.6) is 0 Å². The zero-order valence-corrected chi connectivity index (χ0v) is 10.4. The number of hydrogen-bond donors (Lipinski definition) is 0. The van der Waals surface area contributed by atoms with E-state index in [-0.39, 0.29) is 6.54 Å². The Balaban J connectivity index is 3.51. The Bertz CT molecular complexity index is 123. The van der Waals surface area contributed by atoms with Crippen molar-refractivity contribution in [3.05, 3.63) is 0 Å². The number of rotatable bonds is 9. The summed E-state index contributed by atoms with van der Waals surface area (Å²) in [6.45, 7) is 3.58. The van der Waals surface area contributed by atoms with E-state index in [1.807, 2.05) is 4.90 Å². The molecule has 0 aromatic carbocycles. The minimum Gasteiger partial charge on any atom is -0.297 e. The maximum atomic E-state index is 12.1. The maximum Gasteiger partial charge on any atom is 0.251 e. The summed E-state index contributed by atoms with van der Waals surface area (Å²) < 4.78 is 24.3. The van der Waals surface area contributed by atoms with Crippen LogP contribution in [0.4, 0.5) is 8.78 Å². The molecule has 1 nitrogen and oxygen atoms in total. The van der Waals surface area contributed by atoms with Gasteiger partial charge in [0.25, 0.3) is 6.43 Å². The van der Waals surface area contributed by atoms with Gasteiger partial charge in [-0.15, -0.1) is 0 Å². The summed E-state index contributed by atoms with van der Waals surface area (Å²) in [7, 11) is 0. The summed E-state index contributed by atoms with van der Waals surface area (Å²) in [6.07, 6.45) is 2.37. The highest BCUT2D eigenvalue weighted by Crippen LogP contribution is 2.04. The first-order valence-electron chi connectivity index (χ1n) is 5.27. The van der Waals surface area contributed by atoms with E-state index in [4.69, 9.17) is 0 Å². The lowest BCUT2D eigenvalue weighted by molar-refractivity contribution is 0.0905. The number of alkyl halides is 3. The molecule has 0 unspecified atom stereocenters. The van der Waals surface area contributed by atoms with Gasteiger partial charge in [-0.1, -0.05) is 42.1 Å². The van der Waals surface area contributed by atoms with Gasteiger partial charge < -0.3 is 0 Å². The first-order valence-corrected chi connectivity index (χ1v) is 6.39. The van der Waals surface area contributed by atoms with Crippen LogP contribution in [0.15, 0.2) is 0 Å². The van der Waals surface area contributed by atoms with Gasteiger partial charge in [-0.3, -0.25) is 4.90 Å². The zero-order valence-electron chi connectivity index (χ0n) is 8.82. The molecule has 0 fully saturated rings. The minimum absolute atomic E-state index is 0.0856. The monoisotopic (exact) mass is 271 g/mol. The molecule has 0 amide bonds. The molecule has 0 N–H and O–H groups in total. The molecule has 0 heterocycles. The van der Waals surface area contributed by atoms with Gasteiger partial charge >= 0.3 is 0 Å². The van der Waals surface area contributed by atoms with Crippen molar-refractivity contribution in [2.24, 2.45) is 0 Å². The van der Waals surface area contributed by atoms with Crippen LogP contribution in [-0.2, 0) is 0 Å². The topological polar surface area (TPSA) is 3.24 Å². The van der Waals surface area contributed by atoms with Crippen molar-refractivity contribution >= 4 is 15.9 Å². The van der Waals surface area contributed by atoms with Crippen LogP contribution in [0.1, 0.15) is 32.6 Å². The summed E-state index contributed by atoms with van der Waals surface area (Å²) in [5.74, 6) is 0. The van der Waals surface area contributed by atoms with E-state index in [0.717, 1.165) is 31.3 Å². The average molecular weight is 272 g/mol. The second kappa shape index (κ2) is 9.84. The molecule has 0 aliphatic carbocycles. The Kier molecular flexibility index (Phi) is 10.1. The van der Waals surface area contributed by atoms with Crippen LogP contribution >= 0.6 is 15.9 Å². The fourth-order valence-electron chi connectivity index (χ4n) is 1.37. The Hall–Kier alpha value is 0.300. The molecule has 14 heavy (non-hydrogen) atoms. The standard InChI is InChI=1S/C10H20BrF2N/c1-2-3-4-5-7-14(8-6-11)9-10(12)13/h10H,2-9H2,1H3. The summed E-state index contributed by atoms with van der Waals surface area (Å²) in [6, 6.07) is 0. The van der Waals surface area contributed by atoms with E-state index < -0.39 is 6.43 Å². The van der Waals surface area contributed by atoms with Gasteiger partial charge in [0.15, 0.2) is 0 Å². The molecule has 0 atom stereocenters. The molecule has 0 aliphatic heterocycles. The van der Waals surface area contributed by atoms with Gasteiger partial charge in [0.2, 0.25) is 0 Å². The molecule has 0 saturated carbocycles.